The number of nitrogens with one attached hydrogen (secondary N) is 1. The lowest BCUT2D eigenvalue weighted by Crippen LogP contribution is -2.42. The summed E-state index contributed by atoms with van der Waals surface area (Å²) in [6, 6.07) is 0.168. The summed E-state index contributed by atoms with van der Waals surface area (Å²) in [6.45, 7) is 2.09. The fourth-order valence-corrected chi connectivity index (χ4v) is 2.00. The van der Waals surface area contributed by atoms with E-state index in [1.54, 1.807) is 0 Å². The van der Waals surface area contributed by atoms with Gasteiger partial charge in [-0.05, 0) is 25.8 Å². The fourth-order valence-electron chi connectivity index (χ4n) is 2.00. The SMILES string of the molecule is CCCC(N)CCCNCC(=O)N(CCC(=O)O)CC(=O)O. The summed E-state index contributed by atoms with van der Waals surface area (Å²) in [4.78, 5) is 34.1. The molecule has 0 aromatic rings. The van der Waals surface area contributed by atoms with E-state index in [9.17, 15) is 14.4 Å². The molecule has 128 valence electrons. The lowest BCUT2D eigenvalue weighted by Gasteiger charge is -2.20. The highest BCUT2D eigenvalue weighted by Gasteiger charge is 2.17. The van der Waals surface area contributed by atoms with E-state index in [1.165, 1.54) is 0 Å². The molecule has 0 aliphatic heterocycles. The highest BCUT2D eigenvalue weighted by Crippen LogP contribution is 2.00. The molecule has 0 fully saturated rings. The van der Waals surface area contributed by atoms with E-state index in [-0.39, 0.29) is 25.6 Å². The van der Waals surface area contributed by atoms with Crippen molar-refractivity contribution in [3.63, 3.8) is 0 Å². The van der Waals surface area contributed by atoms with E-state index in [2.05, 4.69) is 12.2 Å². The minimum absolute atomic E-state index is 0.00405. The van der Waals surface area contributed by atoms with Crippen molar-refractivity contribution in [3.8, 4) is 0 Å². The summed E-state index contributed by atoms with van der Waals surface area (Å²) in [5.41, 5.74) is 5.87. The number of aliphatic carboxylic acids is 2. The Labute approximate surface area is 130 Å². The Balaban J connectivity index is 4.01. The number of nitrogens with two attached hydrogens (primary N) is 1. The number of hydrogen-bond acceptors (Lipinski definition) is 5. The van der Waals surface area contributed by atoms with Crippen LogP contribution in [0.1, 0.15) is 39.0 Å². The van der Waals surface area contributed by atoms with Gasteiger partial charge in [0.2, 0.25) is 5.91 Å². The quantitative estimate of drug-likeness (QED) is 0.348. The largest absolute Gasteiger partial charge is 0.481 e. The molecular formula is C14H27N3O5. The molecule has 8 heteroatoms. The Kier molecular flexibility index (Phi) is 11.0. The van der Waals surface area contributed by atoms with Crippen LogP contribution in [0.15, 0.2) is 0 Å². The van der Waals surface area contributed by atoms with Crippen LogP contribution < -0.4 is 11.1 Å². The lowest BCUT2D eigenvalue weighted by atomic mass is 10.1. The maximum atomic E-state index is 11.9. The van der Waals surface area contributed by atoms with Gasteiger partial charge in [-0.25, -0.2) is 0 Å². The maximum Gasteiger partial charge on any atom is 0.323 e. The fraction of sp³-hybridized carbons (Fsp3) is 0.786. The second kappa shape index (κ2) is 11.9. The average molecular weight is 317 g/mol. The van der Waals surface area contributed by atoms with Crippen molar-refractivity contribution in [3.05, 3.63) is 0 Å². The molecular weight excluding hydrogens is 290 g/mol. The molecule has 0 radical (unpaired) electrons. The standard InChI is InChI=1S/C14H27N3O5/c1-2-4-11(15)5-3-7-16-9-12(18)17(10-14(21)22)8-6-13(19)20/h11,16H,2-10,15H2,1H3,(H,19,20)(H,21,22). The van der Waals surface area contributed by atoms with E-state index in [1.807, 2.05) is 0 Å². The number of nitrogens with zero attached hydrogens (tertiary/aromatic N) is 1. The zero-order valence-corrected chi connectivity index (χ0v) is 13.1. The summed E-state index contributed by atoms with van der Waals surface area (Å²) in [5, 5.41) is 20.3. The van der Waals surface area contributed by atoms with Gasteiger partial charge in [-0.1, -0.05) is 13.3 Å². The number of rotatable bonds is 13. The predicted molar refractivity (Wildman–Crippen MR) is 81.5 cm³/mol. The third kappa shape index (κ3) is 11.0. The van der Waals surface area contributed by atoms with Gasteiger partial charge in [0.05, 0.1) is 13.0 Å². The van der Waals surface area contributed by atoms with E-state index in [0.29, 0.717) is 6.54 Å². The average Bonchev–Trinajstić information content (AvgIpc) is 2.42. The van der Waals surface area contributed by atoms with Crippen LogP contribution in [0, 0.1) is 0 Å². The molecule has 0 bridgehead atoms. The Hall–Kier alpha value is -1.67. The van der Waals surface area contributed by atoms with Crippen LogP contribution in [0.25, 0.3) is 0 Å². The second-order valence-corrected chi connectivity index (χ2v) is 5.22. The molecule has 0 saturated carbocycles. The second-order valence-electron chi connectivity index (χ2n) is 5.22. The third-order valence-corrected chi connectivity index (χ3v) is 3.14. The van der Waals surface area contributed by atoms with E-state index >= 15 is 0 Å². The summed E-state index contributed by atoms with van der Waals surface area (Å²) in [6.07, 6.45) is 3.45. The van der Waals surface area contributed by atoms with Crippen molar-refractivity contribution in [2.45, 2.75) is 45.1 Å². The summed E-state index contributed by atoms with van der Waals surface area (Å²) >= 11 is 0. The van der Waals surface area contributed by atoms with Crippen LogP contribution in [-0.2, 0) is 14.4 Å². The lowest BCUT2D eigenvalue weighted by molar-refractivity contribution is -0.145. The van der Waals surface area contributed by atoms with Crippen LogP contribution >= 0.6 is 0 Å². The molecule has 0 saturated heterocycles. The first-order chi connectivity index (χ1) is 10.4. The van der Waals surface area contributed by atoms with Crippen molar-refractivity contribution in [2.75, 3.05) is 26.2 Å². The van der Waals surface area contributed by atoms with E-state index in [0.717, 1.165) is 30.6 Å². The predicted octanol–water partition coefficient (Wildman–Crippen LogP) is -0.128. The van der Waals surface area contributed by atoms with Gasteiger partial charge >= 0.3 is 11.9 Å². The molecule has 8 nitrogen and oxygen atoms in total. The van der Waals surface area contributed by atoms with Gasteiger partial charge in [0.25, 0.3) is 0 Å². The van der Waals surface area contributed by atoms with E-state index < -0.39 is 24.4 Å². The third-order valence-electron chi connectivity index (χ3n) is 3.14. The van der Waals surface area contributed by atoms with Crippen molar-refractivity contribution in [1.82, 2.24) is 10.2 Å². The smallest absolute Gasteiger partial charge is 0.323 e. The molecule has 0 aromatic heterocycles. The van der Waals surface area contributed by atoms with Gasteiger partial charge in [-0.2, -0.15) is 0 Å². The molecule has 22 heavy (non-hydrogen) atoms. The topological polar surface area (TPSA) is 133 Å². The Morgan fingerprint density at radius 2 is 1.86 bits per heavy atom. The van der Waals surface area contributed by atoms with Gasteiger partial charge in [0, 0.05) is 12.6 Å². The normalized spacial score (nSPS) is 11.9. The first kappa shape index (κ1) is 20.3. The van der Waals surface area contributed by atoms with Crippen LogP contribution in [0.2, 0.25) is 0 Å². The zero-order chi connectivity index (χ0) is 17.0. The van der Waals surface area contributed by atoms with Crippen molar-refractivity contribution in [2.24, 2.45) is 5.73 Å². The van der Waals surface area contributed by atoms with Gasteiger partial charge in [-0.15, -0.1) is 0 Å². The van der Waals surface area contributed by atoms with Gasteiger partial charge in [-0.3, -0.25) is 14.4 Å². The minimum atomic E-state index is -1.16. The minimum Gasteiger partial charge on any atom is -0.481 e. The van der Waals surface area contributed by atoms with E-state index in [4.69, 9.17) is 15.9 Å². The maximum absolute atomic E-state index is 11.9. The molecule has 1 amide bonds. The molecule has 0 rings (SSSR count). The van der Waals surface area contributed by atoms with Crippen molar-refractivity contribution < 1.29 is 24.6 Å². The first-order valence-corrected chi connectivity index (χ1v) is 7.54. The van der Waals surface area contributed by atoms with Crippen LogP contribution in [-0.4, -0.2) is 65.2 Å². The number of amides is 1. The number of carbonyl (C=O) groups is 3. The Bertz CT molecular complexity index is 362. The zero-order valence-electron chi connectivity index (χ0n) is 13.1. The van der Waals surface area contributed by atoms with Crippen molar-refractivity contribution in [1.29, 1.82) is 0 Å². The molecule has 0 aliphatic rings. The van der Waals surface area contributed by atoms with Gasteiger partial charge in [0.15, 0.2) is 0 Å². The number of carboxylic acids is 2. The van der Waals surface area contributed by atoms with Gasteiger partial charge < -0.3 is 26.2 Å². The molecule has 1 atom stereocenters. The highest BCUT2D eigenvalue weighted by atomic mass is 16.4. The number of hydrogen-bond donors (Lipinski definition) is 4. The van der Waals surface area contributed by atoms with Crippen LogP contribution in [0.5, 0.6) is 0 Å². The number of carboxylic acid groups (broad SMARTS) is 2. The Morgan fingerprint density at radius 3 is 2.41 bits per heavy atom. The molecule has 0 aliphatic carbocycles. The molecule has 0 spiro atoms. The van der Waals surface area contributed by atoms with Gasteiger partial charge in [0.1, 0.15) is 6.54 Å². The molecule has 0 aromatic carbocycles. The summed E-state index contributed by atoms with van der Waals surface area (Å²) in [7, 11) is 0. The monoisotopic (exact) mass is 317 g/mol. The molecule has 0 heterocycles. The van der Waals surface area contributed by atoms with Crippen molar-refractivity contribution >= 4 is 17.8 Å². The van der Waals surface area contributed by atoms with Crippen LogP contribution in [0.3, 0.4) is 0 Å². The summed E-state index contributed by atoms with van der Waals surface area (Å²) < 4.78 is 0. The first-order valence-electron chi connectivity index (χ1n) is 7.54. The number of carbonyl (C=O) groups excluding carboxylic acids is 1. The molecule has 5 N–H and O–H groups in total. The molecule has 1 unspecified atom stereocenters. The Morgan fingerprint density at radius 1 is 1.18 bits per heavy atom. The van der Waals surface area contributed by atoms with Crippen LogP contribution in [0.4, 0.5) is 0 Å². The summed E-state index contributed by atoms with van der Waals surface area (Å²) in [5.74, 6) is -2.65. The highest BCUT2D eigenvalue weighted by molar-refractivity contribution is 5.83.